The van der Waals surface area contributed by atoms with Crippen molar-refractivity contribution in [3.8, 4) is 0 Å². The predicted molar refractivity (Wildman–Crippen MR) is 93.3 cm³/mol. The minimum Gasteiger partial charge on any atom is -0.359 e. The topological polar surface area (TPSA) is 92.5 Å². The maximum Gasteiger partial charge on any atom is 0.243 e. The van der Waals surface area contributed by atoms with Crippen molar-refractivity contribution in [2.75, 3.05) is 16.8 Å². The summed E-state index contributed by atoms with van der Waals surface area (Å²) in [5.41, 5.74) is 1.68. The van der Waals surface area contributed by atoms with Gasteiger partial charge in [0.2, 0.25) is 15.9 Å². The number of carbonyl (C=O) groups is 1. The third-order valence-electron chi connectivity index (χ3n) is 4.25. The predicted octanol–water partition coefficient (Wildman–Crippen LogP) is 2.00. The molecule has 0 radical (unpaired) electrons. The van der Waals surface area contributed by atoms with Crippen LogP contribution >= 0.6 is 0 Å². The molecule has 3 N–H and O–H groups in total. The first-order valence-electron chi connectivity index (χ1n) is 7.82. The summed E-state index contributed by atoms with van der Waals surface area (Å²) < 4.78 is 49.1. The lowest BCUT2D eigenvalue weighted by Crippen LogP contribution is -2.37. The quantitative estimate of drug-likeness (QED) is 0.847. The summed E-state index contributed by atoms with van der Waals surface area (Å²) in [5.74, 6) is -2.43. The molecule has 9 heteroatoms. The molecule has 1 amide bonds. The molecule has 26 heavy (non-hydrogen) atoms. The maximum atomic E-state index is 13.2. The first kappa shape index (κ1) is 18.3. The van der Waals surface area contributed by atoms with Gasteiger partial charge in [-0.3, -0.25) is 4.79 Å². The Balaban J connectivity index is 1.76. The second-order valence-electron chi connectivity index (χ2n) is 6.19. The number of fused-ring (bicyclic) bond motifs is 1. The summed E-state index contributed by atoms with van der Waals surface area (Å²) >= 11 is 0. The molecule has 0 aromatic heterocycles. The summed E-state index contributed by atoms with van der Waals surface area (Å²) in [6, 6.07) is 7.61. The average Bonchev–Trinajstić information content (AvgIpc) is 2.85. The largest absolute Gasteiger partial charge is 0.359 e. The lowest BCUT2D eigenvalue weighted by Gasteiger charge is -2.24. The van der Waals surface area contributed by atoms with E-state index in [9.17, 15) is 22.0 Å². The normalized spacial score (nSPS) is 16.5. The van der Waals surface area contributed by atoms with E-state index in [0.29, 0.717) is 6.42 Å². The molecule has 1 heterocycles. The standard InChI is InChI=1S/C17H17F2N3O3S/c1-10-6-11-7-13(26(20,24)25)3-5-16(11)22(10)9-17(23)21-12-2-4-14(18)15(19)8-12/h2-5,7-8,10H,6,9H2,1H3,(H,21,23)(H2,20,24,25). The summed E-state index contributed by atoms with van der Waals surface area (Å²) in [4.78, 5) is 14.1. The highest BCUT2D eigenvalue weighted by molar-refractivity contribution is 7.89. The van der Waals surface area contributed by atoms with Crippen molar-refractivity contribution >= 4 is 27.3 Å². The van der Waals surface area contributed by atoms with Crippen LogP contribution in [-0.2, 0) is 21.2 Å². The molecular formula is C17H17F2N3O3S. The molecule has 1 aliphatic rings. The van der Waals surface area contributed by atoms with Crippen LogP contribution in [0.3, 0.4) is 0 Å². The van der Waals surface area contributed by atoms with E-state index in [1.54, 1.807) is 6.07 Å². The third-order valence-corrected chi connectivity index (χ3v) is 5.16. The van der Waals surface area contributed by atoms with E-state index in [-0.39, 0.29) is 23.2 Å². The van der Waals surface area contributed by atoms with Crippen LogP contribution in [0.5, 0.6) is 0 Å². The van der Waals surface area contributed by atoms with Crippen molar-refractivity contribution in [3.05, 3.63) is 53.6 Å². The zero-order valence-corrected chi connectivity index (χ0v) is 14.7. The summed E-state index contributed by atoms with van der Waals surface area (Å²) in [6.07, 6.45) is 0.567. The van der Waals surface area contributed by atoms with Crippen LogP contribution in [0.4, 0.5) is 20.2 Å². The van der Waals surface area contributed by atoms with Crippen LogP contribution in [0.25, 0.3) is 0 Å². The second-order valence-corrected chi connectivity index (χ2v) is 7.76. The van der Waals surface area contributed by atoms with E-state index >= 15 is 0 Å². The van der Waals surface area contributed by atoms with Gasteiger partial charge in [-0.15, -0.1) is 0 Å². The number of rotatable bonds is 4. The van der Waals surface area contributed by atoms with Crippen LogP contribution in [0.1, 0.15) is 12.5 Å². The number of primary sulfonamides is 1. The van der Waals surface area contributed by atoms with Gasteiger partial charge in [0.05, 0.1) is 11.4 Å². The highest BCUT2D eigenvalue weighted by Gasteiger charge is 2.28. The number of amides is 1. The molecule has 1 unspecified atom stereocenters. The number of carbonyl (C=O) groups excluding carboxylic acids is 1. The third kappa shape index (κ3) is 3.68. The molecule has 2 aromatic carbocycles. The number of anilines is 2. The first-order chi connectivity index (χ1) is 12.1. The maximum absolute atomic E-state index is 13.2. The molecule has 0 aliphatic carbocycles. The van der Waals surface area contributed by atoms with Gasteiger partial charge < -0.3 is 10.2 Å². The minimum absolute atomic E-state index is 0.0120. The first-order valence-corrected chi connectivity index (χ1v) is 9.37. The Hall–Kier alpha value is -2.52. The Bertz CT molecular complexity index is 979. The lowest BCUT2D eigenvalue weighted by atomic mass is 10.1. The molecule has 3 rings (SSSR count). The Labute approximate surface area is 149 Å². The molecule has 1 atom stereocenters. The highest BCUT2D eigenvalue weighted by Crippen LogP contribution is 2.33. The van der Waals surface area contributed by atoms with Crippen molar-refractivity contribution in [1.82, 2.24) is 0 Å². The monoisotopic (exact) mass is 381 g/mol. The summed E-state index contributed by atoms with van der Waals surface area (Å²) in [5, 5.41) is 7.67. The van der Waals surface area contributed by atoms with Crippen molar-refractivity contribution < 1.29 is 22.0 Å². The summed E-state index contributed by atoms with van der Waals surface area (Å²) in [7, 11) is -3.79. The fourth-order valence-electron chi connectivity index (χ4n) is 3.02. The SMILES string of the molecule is CC1Cc2cc(S(N)(=O)=O)ccc2N1CC(=O)Nc1ccc(F)c(F)c1. The van der Waals surface area contributed by atoms with Crippen LogP contribution < -0.4 is 15.4 Å². The number of sulfonamides is 1. The molecule has 0 spiro atoms. The number of nitrogens with one attached hydrogen (secondary N) is 1. The highest BCUT2D eigenvalue weighted by atomic mass is 32.2. The van der Waals surface area contributed by atoms with Crippen molar-refractivity contribution in [2.45, 2.75) is 24.3 Å². The number of benzene rings is 2. The van der Waals surface area contributed by atoms with Gasteiger partial charge >= 0.3 is 0 Å². The lowest BCUT2D eigenvalue weighted by molar-refractivity contribution is -0.115. The van der Waals surface area contributed by atoms with E-state index in [1.165, 1.54) is 18.2 Å². The van der Waals surface area contributed by atoms with Crippen molar-refractivity contribution in [2.24, 2.45) is 5.14 Å². The van der Waals surface area contributed by atoms with Crippen LogP contribution in [0.15, 0.2) is 41.3 Å². The minimum atomic E-state index is -3.79. The Morgan fingerprint density at radius 3 is 2.62 bits per heavy atom. The van der Waals surface area contributed by atoms with Gasteiger partial charge in [-0.25, -0.2) is 22.3 Å². The van der Waals surface area contributed by atoms with Gasteiger partial charge in [0, 0.05) is 23.5 Å². The number of hydrogen-bond donors (Lipinski definition) is 2. The number of halogens is 2. The molecule has 6 nitrogen and oxygen atoms in total. The molecule has 0 fully saturated rings. The van der Waals surface area contributed by atoms with Crippen LogP contribution in [0.2, 0.25) is 0 Å². The van der Waals surface area contributed by atoms with E-state index in [2.05, 4.69) is 5.32 Å². The number of hydrogen-bond acceptors (Lipinski definition) is 4. The van der Waals surface area contributed by atoms with Gasteiger partial charge in [0.1, 0.15) is 0 Å². The molecule has 0 saturated carbocycles. The Morgan fingerprint density at radius 2 is 1.96 bits per heavy atom. The van der Waals surface area contributed by atoms with Crippen molar-refractivity contribution in [1.29, 1.82) is 0 Å². The number of nitrogens with two attached hydrogens (primary N) is 1. The van der Waals surface area contributed by atoms with Crippen molar-refractivity contribution in [3.63, 3.8) is 0 Å². The smallest absolute Gasteiger partial charge is 0.243 e. The van der Waals surface area contributed by atoms with Gasteiger partial charge in [-0.2, -0.15) is 0 Å². The van der Waals surface area contributed by atoms with Gasteiger partial charge in [-0.05, 0) is 49.2 Å². The zero-order chi connectivity index (χ0) is 19.1. The number of nitrogens with zero attached hydrogens (tertiary/aromatic N) is 1. The van der Waals surface area contributed by atoms with Gasteiger partial charge in [0.25, 0.3) is 0 Å². The fourth-order valence-corrected chi connectivity index (χ4v) is 3.58. The van der Waals surface area contributed by atoms with E-state index in [0.717, 1.165) is 23.4 Å². The molecular weight excluding hydrogens is 364 g/mol. The Morgan fingerprint density at radius 1 is 1.23 bits per heavy atom. The van der Waals surface area contributed by atoms with E-state index in [4.69, 9.17) is 5.14 Å². The fraction of sp³-hybridized carbons (Fsp3) is 0.235. The molecule has 0 saturated heterocycles. The van der Waals surface area contributed by atoms with Gasteiger partial charge in [0.15, 0.2) is 11.6 Å². The van der Waals surface area contributed by atoms with Crippen LogP contribution in [0, 0.1) is 11.6 Å². The molecule has 2 aromatic rings. The average molecular weight is 381 g/mol. The zero-order valence-electron chi connectivity index (χ0n) is 13.9. The van der Waals surface area contributed by atoms with E-state index < -0.39 is 27.6 Å². The van der Waals surface area contributed by atoms with Crippen LogP contribution in [-0.4, -0.2) is 26.9 Å². The molecule has 0 bridgehead atoms. The second kappa shape index (κ2) is 6.65. The van der Waals surface area contributed by atoms with Gasteiger partial charge in [-0.1, -0.05) is 0 Å². The summed E-state index contributed by atoms with van der Waals surface area (Å²) in [6.45, 7) is 1.89. The van der Waals surface area contributed by atoms with E-state index in [1.807, 2.05) is 11.8 Å². The Kier molecular flexibility index (Phi) is 4.68. The molecule has 138 valence electrons. The molecule has 1 aliphatic heterocycles.